The summed E-state index contributed by atoms with van der Waals surface area (Å²) in [4.78, 5) is 11.7. The predicted octanol–water partition coefficient (Wildman–Crippen LogP) is 1.66. The lowest BCUT2D eigenvalue weighted by molar-refractivity contribution is -0.124. The standard InChI is InChI=1S/C12H24N2O/c1-8(2)11(13)12(15)14-10-6-4-5-9(3)7-10/h8-11H,4-7,13H2,1-3H3,(H,14,15)/t9?,10?,11-/m1/s1. The minimum atomic E-state index is -0.359. The van der Waals surface area contributed by atoms with Crippen molar-refractivity contribution in [2.24, 2.45) is 17.6 Å². The van der Waals surface area contributed by atoms with Gasteiger partial charge in [0.05, 0.1) is 6.04 Å². The van der Waals surface area contributed by atoms with Gasteiger partial charge in [-0.15, -0.1) is 0 Å². The van der Waals surface area contributed by atoms with Crippen molar-refractivity contribution in [1.82, 2.24) is 5.32 Å². The molecule has 0 aromatic rings. The van der Waals surface area contributed by atoms with Crippen LogP contribution in [0.2, 0.25) is 0 Å². The number of carbonyl (C=O) groups excluding carboxylic acids is 1. The molecule has 1 aliphatic rings. The second-order valence-corrected chi connectivity index (χ2v) is 5.25. The van der Waals surface area contributed by atoms with E-state index in [-0.39, 0.29) is 17.9 Å². The van der Waals surface area contributed by atoms with E-state index in [0.29, 0.717) is 6.04 Å². The molecule has 0 bridgehead atoms. The first-order chi connectivity index (χ1) is 7.00. The lowest BCUT2D eigenvalue weighted by Crippen LogP contribution is -2.48. The first kappa shape index (κ1) is 12.5. The molecule has 1 fully saturated rings. The maximum Gasteiger partial charge on any atom is 0.237 e. The Balaban J connectivity index is 2.37. The smallest absolute Gasteiger partial charge is 0.237 e. The Kier molecular flexibility index (Phi) is 4.58. The highest BCUT2D eigenvalue weighted by Gasteiger charge is 2.23. The van der Waals surface area contributed by atoms with Crippen LogP contribution in [0.3, 0.4) is 0 Å². The molecular formula is C12H24N2O. The lowest BCUT2D eigenvalue weighted by Gasteiger charge is -2.29. The van der Waals surface area contributed by atoms with E-state index < -0.39 is 0 Å². The van der Waals surface area contributed by atoms with E-state index in [1.165, 1.54) is 12.8 Å². The number of amides is 1. The summed E-state index contributed by atoms with van der Waals surface area (Å²) < 4.78 is 0. The molecule has 3 heteroatoms. The molecular weight excluding hydrogens is 188 g/mol. The quantitative estimate of drug-likeness (QED) is 0.747. The zero-order chi connectivity index (χ0) is 11.4. The third kappa shape index (κ3) is 3.82. The molecule has 1 saturated carbocycles. The number of carbonyl (C=O) groups is 1. The van der Waals surface area contributed by atoms with Crippen LogP contribution in [0.15, 0.2) is 0 Å². The molecule has 1 aliphatic carbocycles. The van der Waals surface area contributed by atoms with Crippen LogP contribution in [-0.4, -0.2) is 18.0 Å². The van der Waals surface area contributed by atoms with E-state index in [1.54, 1.807) is 0 Å². The summed E-state index contributed by atoms with van der Waals surface area (Å²) in [6, 6.07) is -0.00622. The SMILES string of the molecule is CC1CCCC(NC(=O)[C@H](N)C(C)C)C1. The van der Waals surface area contributed by atoms with Crippen LogP contribution in [0.1, 0.15) is 46.5 Å². The molecule has 2 unspecified atom stereocenters. The van der Waals surface area contributed by atoms with Crippen LogP contribution in [0, 0.1) is 11.8 Å². The summed E-state index contributed by atoms with van der Waals surface area (Å²) in [6.07, 6.45) is 4.74. The summed E-state index contributed by atoms with van der Waals surface area (Å²) in [5, 5.41) is 3.07. The Labute approximate surface area is 92.8 Å². The number of nitrogens with two attached hydrogens (primary N) is 1. The molecule has 1 rings (SSSR count). The number of rotatable bonds is 3. The van der Waals surface area contributed by atoms with Gasteiger partial charge in [-0.2, -0.15) is 0 Å². The molecule has 3 atom stereocenters. The monoisotopic (exact) mass is 212 g/mol. The van der Waals surface area contributed by atoms with Gasteiger partial charge in [-0.25, -0.2) is 0 Å². The van der Waals surface area contributed by atoms with Crippen molar-refractivity contribution in [2.45, 2.75) is 58.5 Å². The van der Waals surface area contributed by atoms with E-state index >= 15 is 0 Å². The molecule has 0 spiro atoms. The van der Waals surface area contributed by atoms with Crippen molar-refractivity contribution in [3.05, 3.63) is 0 Å². The molecule has 0 heterocycles. The van der Waals surface area contributed by atoms with E-state index in [0.717, 1.165) is 18.8 Å². The average molecular weight is 212 g/mol. The van der Waals surface area contributed by atoms with Gasteiger partial charge in [0.1, 0.15) is 0 Å². The van der Waals surface area contributed by atoms with Crippen molar-refractivity contribution in [3.8, 4) is 0 Å². The van der Waals surface area contributed by atoms with Crippen LogP contribution in [0.25, 0.3) is 0 Å². The van der Waals surface area contributed by atoms with E-state index in [2.05, 4.69) is 12.2 Å². The van der Waals surface area contributed by atoms with E-state index in [9.17, 15) is 4.79 Å². The molecule has 3 nitrogen and oxygen atoms in total. The van der Waals surface area contributed by atoms with Gasteiger partial charge in [-0.3, -0.25) is 4.79 Å². The number of nitrogens with one attached hydrogen (secondary N) is 1. The number of hydrogen-bond donors (Lipinski definition) is 2. The van der Waals surface area contributed by atoms with Crippen molar-refractivity contribution < 1.29 is 4.79 Å². The van der Waals surface area contributed by atoms with Gasteiger partial charge in [0.2, 0.25) is 5.91 Å². The fraction of sp³-hybridized carbons (Fsp3) is 0.917. The molecule has 1 amide bonds. The minimum absolute atomic E-state index is 0.0177. The Morgan fingerprint density at radius 2 is 2.07 bits per heavy atom. The summed E-state index contributed by atoms with van der Waals surface area (Å²) >= 11 is 0. The molecule has 15 heavy (non-hydrogen) atoms. The third-order valence-corrected chi connectivity index (χ3v) is 3.30. The molecule has 0 saturated heterocycles. The topological polar surface area (TPSA) is 55.1 Å². The Morgan fingerprint density at radius 3 is 2.60 bits per heavy atom. The van der Waals surface area contributed by atoms with Crippen LogP contribution in [0.4, 0.5) is 0 Å². The van der Waals surface area contributed by atoms with Crippen molar-refractivity contribution in [3.63, 3.8) is 0 Å². The molecule has 0 radical (unpaired) electrons. The second kappa shape index (κ2) is 5.50. The summed E-state index contributed by atoms with van der Waals surface area (Å²) in [7, 11) is 0. The van der Waals surface area contributed by atoms with Gasteiger partial charge < -0.3 is 11.1 Å². The first-order valence-corrected chi connectivity index (χ1v) is 6.06. The summed E-state index contributed by atoms with van der Waals surface area (Å²) in [6.45, 7) is 6.21. The highest BCUT2D eigenvalue weighted by Crippen LogP contribution is 2.23. The van der Waals surface area contributed by atoms with Crippen LogP contribution in [-0.2, 0) is 4.79 Å². The fourth-order valence-corrected chi connectivity index (χ4v) is 2.17. The molecule has 0 aromatic carbocycles. The molecule has 3 N–H and O–H groups in total. The summed E-state index contributed by atoms with van der Waals surface area (Å²) in [5.41, 5.74) is 5.80. The van der Waals surface area contributed by atoms with Crippen molar-refractivity contribution in [1.29, 1.82) is 0 Å². The average Bonchev–Trinajstić information content (AvgIpc) is 2.16. The van der Waals surface area contributed by atoms with Gasteiger partial charge in [0.15, 0.2) is 0 Å². The van der Waals surface area contributed by atoms with Crippen LogP contribution in [0.5, 0.6) is 0 Å². The Morgan fingerprint density at radius 1 is 1.40 bits per heavy atom. The highest BCUT2D eigenvalue weighted by atomic mass is 16.2. The van der Waals surface area contributed by atoms with Gasteiger partial charge in [0.25, 0.3) is 0 Å². The fourth-order valence-electron chi connectivity index (χ4n) is 2.17. The summed E-state index contributed by atoms with van der Waals surface area (Å²) in [5.74, 6) is 0.967. The molecule has 0 aliphatic heterocycles. The predicted molar refractivity (Wildman–Crippen MR) is 62.4 cm³/mol. The Bertz CT molecular complexity index is 216. The minimum Gasteiger partial charge on any atom is -0.352 e. The zero-order valence-corrected chi connectivity index (χ0v) is 10.1. The van der Waals surface area contributed by atoms with Gasteiger partial charge >= 0.3 is 0 Å². The molecule has 0 aromatic heterocycles. The van der Waals surface area contributed by atoms with Crippen LogP contribution < -0.4 is 11.1 Å². The highest BCUT2D eigenvalue weighted by molar-refractivity contribution is 5.82. The molecule has 88 valence electrons. The largest absolute Gasteiger partial charge is 0.352 e. The van der Waals surface area contributed by atoms with Gasteiger partial charge in [-0.05, 0) is 24.7 Å². The second-order valence-electron chi connectivity index (χ2n) is 5.25. The maximum absolute atomic E-state index is 11.7. The lowest BCUT2D eigenvalue weighted by atomic mass is 9.87. The first-order valence-electron chi connectivity index (χ1n) is 6.06. The normalized spacial score (nSPS) is 28.9. The van der Waals surface area contributed by atoms with E-state index in [4.69, 9.17) is 5.73 Å². The number of hydrogen-bond acceptors (Lipinski definition) is 2. The van der Waals surface area contributed by atoms with Gasteiger partial charge in [-0.1, -0.05) is 33.6 Å². The van der Waals surface area contributed by atoms with Gasteiger partial charge in [0, 0.05) is 6.04 Å². The van der Waals surface area contributed by atoms with Crippen molar-refractivity contribution >= 4 is 5.91 Å². The maximum atomic E-state index is 11.7. The zero-order valence-electron chi connectivity index (χ0n) is 10.1. The van der Waals surface area contributed by atoms with Crippen LogP contribution >= 0.6 is 0 Å². The Hall–Kier alpha value is -0.570. The van der Waals surface area contributed by atoms with Crippen molar-refractivity contribution in [2.75, 3.05) is 0 Å². The third-order valence-electron chi connectivity index (χ3n) is 3.30. The van der Waals surface area contributed by atoms with E-state index in [1.807, 2.05) is 13.8 Å².